The van der Waals surface area contributed by atoms with Crippen molar-refractivity contribution < 1.29 is 0 Å². The van der Waals surface area contributed by atoms with Crippen LogP contribution in [0.3, 0.4) is 0 Å². The van der Waals surface area contributed by atoms with Gasteiger partial charge in [-0.05, 0) is 75.0 Å². The smallest absolute Gasteiger partial charge is 0.0562 e. The molecule has 0 fully saturated rings. The zero-order chi connectivity index (χ0) is 33.0. The molecule has 0 amide bonds. The van der Waals surface area contributed by atoms with E-state index in [0.717, 1.165) is 22.7 Å². The van der Waals surface area contributed by atoms with E-state index in [0.29, 0.717) is 0 Å². The van der Waals surface area contributed by atoms with E-state index in [1.165, 1.54) is 65.3 Å². The fourth-order valence-electron chi connectivity index (χ4n) is 7.99. The van der Waals surface area contributed by atoms with Crippen molar-refractivity contribution in [3.05, 3.63) is 194 Å². The maximum Gasteiger partial charge on any atom is 0.0562 e. The molecule has 0 N–H and O–H groups in total. The molecule has 0 saturated heterocycles. The highest BCUT2D eigenvalue weighted by Crippen LogP contribution is 2.49. The SMILES string of the molecule is c1ccc(-c2ccccc2N(c2cc3c4ccccc4ccc3c3ccccc23)c2cccc3c2c2ccccc2n3-c2ccccc2)cc1. The third-order valence-corrected chi connectivity index (χ3v) is 10.1. The van der Waals surface area contributed by atoms with Gasteiger partial charge in [-0.25, -0.2) is 0 Å². The number of nitrogens with zero attached hydrogens (tertiary/aromatic N) is 2. The van der Waals surface area contributed by atoms with Gasteiger partial charge >= 0.3 is 0 Å². The molecule has 1 heterocycles. The van der Waals surface area contributed by atoms with E-state index in [1.54, 1.807) is 0 Å². The van der Waals surface area contributed by atoms with Gasteiger partial charge in [0.25, 0.3) is 0 Å². The highest BCUT2D eigenvalue weighted by Gasteiger charge is 2.25. The van der Waals surface area contributed by atoms with Gasteiger partial charge in [0, 0.05) is 27.4 Å². The molecule has 234 valence electrons. The van der Waals surface area contributed by atoms with Crippen LogP contribution in [0, 0.1) is 0 Å². The average Bonchev–Trinajstić information content (AvgIpc) is 3.54. The first kappa shape index (κ1) is 28.4. The first-order valence-corrected chi connectivity index (χ1v) is 17.2. The van der Waals surface area contributed by atoms with Crippen LogP contribution in [-0.4, -0.2) is 4.57 Å². The molecule has 10 rings (SSSR count). The number of aromatic nitrogens is 1. The first-order chi connectivity index (χ1) is 24.8. The summed E-state index contributed by atoms with van der Waals surface area (Å²) in [4.78, 5) is 2.52. The summed E-state index contributed by atoms with van der Waals surface area (Å²) >= 11 is 0. The molecule has 0 radical (unpaired) electrons. The van der Waals surface area contributed by atoms with Crippen molar-refractivity contribution in [2.75, 3.05) is 4.90 Å². The highest BCUT2D eigenvalue weighted by molar-refractivity contribution is 6.23. The molecule has 0 spiro atoms. The minimum Gasteiger partial charge on any atom is -0.309 e. The maximum absolute atomic E-state index is 2.52. The Bertz CT molecular complexity index is 2870. The number of para-hydroxylation sites is 3. The van der Waals surface area contributed by atoms with Crippen molar-refractivity contribution in [1.82, 2.24) is 4.57 Å². The van der Waals surface area contributed by atoms with Gasteiger partial charge < -0.3 is 9.47 Å². The molecule has 1 aromatic heterocycles. The molecule has 0 aliphatic heterocycles. The van der Waals surface area contributed by atoms with Gasteiger partial charge in [0.05, 0.1) is 28.1 Å². The third kappa shape index (κ3) is 4.36. The predicted molar refractivity (Wildman–Crippen MR) is 213 cm³/mol. The second-order valence-electron chi connectivity index (χ2n) is 12.9. The standard InChI is InChI=1S/C48H32N2/c1-3-16-33(17-4-1)37-22-11-13-26-43(37)50(47-32-42-36-21-8-7-18-34(36)30-31-39(42)38-23-9-10-24-40(38)47)46-29-15-28-45-48(46)41-25-12-14-27-44(41)49(45)35-19-5-2-6-20-35/h1-32H. The largest absolute Gasteiger partial charge is 0.309 e. The summed E-state index contributed by atoms with van der Waals surface area (Å²) in [6.45, 7) is 0. The summed E-state index contributed by atoms with van der Waals surface area (Å²) in [6.07, 6.45) is 0. The Morgan fingerprint density at radius 3 is 1.78 bits per heavy atom. The maximum atomic E-state index is 2.52. The fraction of sp³-hybridized carbons (Fsp3) is 0. The molecule has 0 saturated carbocycles. The molecule has 0 bridgehead atoms. The van der Waals surface area contributed by atoms with Gasteiger partial charge in [-0.3, -0.25) is 0 Å². The lowest BCUT2D eigenvalue weighted by atomic mass is 9.94. The van der Waals surface area contributed by atoms with Crippen molar-refractivity contribution in [3.8, 4) is 16.8 Å². The molecule has 0 unspecified atom stereocenters. The highest BCUT2D eigenvalue weighted by atomic mass is 15.2. The van der Waals surface area contributed by atoms with Crippen LogP contribution >= 0.6 is 0 Å². The van der Waals surface area contributed by atoms with Gasteiger partial charge in [-0.1, -0.05) is 152 Å². The van der Waals surface area contributed by atoms with Crippen LogP contribution in [0.1, 0.15) is 0 Å². The zero-order valence-electron chi connectivity index (χ0n) is 27.4. The molecule has 9 aromatic carbocycles. The summed E-state index contributed by atoms with van der Waals surface area (Å²) < 4.78 is 2.40. The van der Waals surface area contributed by atoms with E-state index >= 15 is 0 Å². The Kier molecular flexibility index (Phi) is 6.53. The minimum absolute atomic E-state index is 1.13. The summed E-state index contributed by atoms with van der Waals surface area (Å²) in [7, 11) is 0. The first-order valence-electron chi connectivity index (χ1n) is 17.2. The zero-order valence-corrected chi connectivity index (χ0v) is 27.4. The van der Waals surface area contributed by atoms with E-state index in [-0.39, 0.29) is 0 Å². The predicted octanol–water partition coefficient (Wildman–Crippen LogP) is 13.4. The fourth-order valence-corrected chi connectivity index (χ4v) is 7.99. The monoisotopic (exact) mass is 636 g/mol. The van der Waals surface area contributed by atoms with Crippen LogP contribution in [0.25, 0.3) is 70.9 Å². The Morgan fingerprint density at radius 1 is 0.340 bits per heavy atom. The molecule has 0 aliphatic rings. The number of anilines is 3. The van der Waals surface area contributed by atoms with Gasteiger partial charge in [-0.15, -0.1) is 0 Å². The Balaban J connectivity index is 1.39. The normalized spacial score (nSPS) is 11.6. The van der Waals surface area contributed by atoms with Gasteiger partial charge in [0.15, 0.2) is 0 Å². The second kappa shape index (κ2) is 11.5. The quantitative estimate of drug-likeness (QED) is 0.171. The third-order valence-electron chi connectivity index (χ3n) is 10.1. The van der Waals surface area contributed by atoms with Crippen LogP contribution in [0.15, 0.2) is 194 Å². The summed E-state index contributed by atoms with van der Waals surface area (Å²) in [5, 5.41) is 9.90. The van der Waals surface area contributed by atoms with Crippen molar-refractivity contribution in [3.63, 3.8) is 0 Å². The van der Waals surface area contributed by atoms with Crippen molar-refractivity contribution in [1.29, 1.82) is 0 Å². The summed E-state index contributed by atoms with van der Waals surface area (Å²) in [5.74, 6) is 0. The van der Waals surface area contributed by atoms with Gasteiger partial charge in [0.1, 0.15) is 0 Å². The molecule has 0 atom stereocenters. The molecule has 2 nitrogen and oxygen atoms in total. The van der Waals surface area contributed by atoms with Crippen LogP contribution in [0.5, 0.6) is 0 Å². The van der Waals surface area contributed by atoms with E-state index in [1.807, 2.05) is 0 Å². The molecular formula is C48H32N2. The minimum atomic E-state index is 1.13. The summed E-state index contributed by atoms with van der Waals surface area (Å²) in [6, 6.07) is 70.5. The Labute approximate surface area is 290 Å². The second-order valence-corrected chi connectivity index (χ2v) is 12.9. The average molecular weight is 637 g/mol. The Hall–Kier alpha value is -6.64. The van der Waals surface area contributed by atoms with Gasteiger partial charge in [-0.2, -0.15) is 0 Å². The number of rotatable bonds is 5. The molecule has 0 aliphatic carbocycles. The molecule has 2 heteroatoms. The molecule has 10 aromatic rings. The van der Waals surface area contributed by atoms with Crippen molar-refractivity contribution in [2.24, 2.45) is 0 Å². The van der Waals surface area contributed by atoms with Crippen LogP contribution < -0.4 is 4.90 Å². The van der Waals surface area contributed by atoms with Gasteiger partial charge in [0.2, 0.25) is 0 Å². The van der Waals surface area contributed by atoms with Crippen LogP contribution in [0.2, 0.25) is 0 Å². The number of fused-ring (bicyclic) bond motifs is 8. The van der Waals surface area contributed by atoms with E-state index in [2.05, 4.69) is 204 Å². The van der Waals surface area contributed by atoms with Crippen molar-refractivity contribution in [2.45, 2.75) is 0 Å². The lowest BCUT2D eigenvalue weighted by Gasteiger charge is -2.30. The Morgan fingerprint density at radius 2 is 0.940 bits per heavy atom. The lowest BCUT2D eigenvalue weighted by molar-refractivity contribution is 1.18. The number of hydrogen-bond acceptors (Lipinski definition) is 1. The number of hydrogen-bond donors (Lipinski definition) is 0. The van der Waals surface area contributed by atoms with Crippen LogP contribution in [0.4, 0.5) is 17.1 Å². The van der Waals surface area contributed by atoms with E-state index in [4.69, 9.17) is 0 Å². The number of benzene rings is 9. The van der Waals surface area contributed by atoms with E-state index < -0.39 is 0 Å². The topological polar surface area (TPSA) is 8.17 Å². The molecular weight excluding hydrogens is 605 g/mol. The van der Waals surface area contributed by atoms with Crippen LogP contribution in [-0.2, 0) is 0 Å². The van der Waals surface area contributed by atoms with Crippen molar-refractivity contribution >= 4 is 71.2 Å². The molecule has 50 heavy (non-hydrogen) atoms. The lowest BCUT2D eigenvalue weighted by Crippen LogP contribution is -2.12. The summed E-state index contributed by atoms with van der Waals surface area (Å²) in [5.41, 5.74) is 9.29. The van der Waals surface area contributed by atoms with E-state index in [9.17, 15) is 0 Å².